The topological polar surface area (TPSA) is 146 Å². The van der Waals surface area contributed by atoms with Gasteiger partial charge in [-0.15, -0.1) is 0 Å². The van der Waals surface area contributed by atoms with Crippen molar-refractivity contribution in [2.45, 2.75) is 63.3 Å². The summed E-state index contributed by atoms with van der Waals surface area (Å²) in [4.78, 5) is 29.2. The highest BCUT2D eigenvalue weighted by atomic mass is 16.5. The van der Waals surface area contributed by atoms with Crippen molar-refractivity contribution in [1.29, 1.82) is 5.26 Å². The Morgan fingerprint density at radius 1 is 1.04 bits per heavy atom. The lowest BCUT2D eigenvalue weighted by Crippen LogP contribution is -2.49. The van der Waals surface area contributed by atoms with Crippen LogP contribution in [-0.2, 0) is 18.3 Å². The number of nitrogens with one attached hydrogen (secondary N) is 3. The molecule has 12 nitrogen and oxygen atoms in total. The summed E-state index contributed by atoms with van der Waals surface area (Å²) < 4.78 is 7.45. The van der Waals surface area contributed by atoms with Crippen LogP contribution in [0.1, 0.15) is 49.7 Å². The van der Waals surface area contributed by atoms with Gasteiger partial charge in [-0.3, -0.25) is 9.58 Å². The minimum absolute atomic E-state index is 0.0268. The second-order valence-electron chi connectivity index (χ2n) is 11.6. The summed E-state index contributed by atoms with van der Waals surface area (Å²) in [6.45, 7) is 1.81. The van der Waals surface area contributed by atoms with Gasteiger partial charge in [-0.1, -0.05) is 30.3 Å². The molecule has 3 aromatic heterocycles. The van der Waals surface area contributed by atoms with Gasteiger partial charge in [0.05, 0.1) is 18.5 Å². The summed E-state index contributed by atoms with van der Waals surface area (Å²) in [7, 11) is 1.88. The van der Waals surface area contributed by atoms with Crippen LogP contribution in [0, 0.1) is 11.3 Å². The van der Waals surface area contributed by atoms with Crippen molar-refractivity contribution in [3.63, 3.8) is 0 Å². The fourth-order valence-corrected chi connectivity index (χ4v) is 5.93. The minimum Gasteiger partial charge on any atom is -0.376 e. The van der Waals surface area contributed by atoms with Crippen LogP contribution in [0.5, 0.6) is 0 Å². The molecule has 1 aliphatic carbocycles. The van der Waals surface area contributed by atoms with Crippen LogP contribution in [0.3, 0.4) is 0 Å². The molecule has 0 bridgehead atoms. The Balaban J connectivity index is 1.12. The maximum atomic E-state index is 13.7. The number of amides is 2. The number of pyridine rings is 1. The summed E-state index contributed by atoms with van der Waals surface area (Å²) in [5.74, 6) is 1.61. The largest absolute Gasteiger partial charge is 0.376 e. The maximum Gasteiger partial charge on any atom is 0.323 e. The van der Waals surface area contributed by atoms with Crippen molar-refractivity contribution in [3.8, 4) is 17.2 Å². The van der Waals surface area contributed by atoms with Crippen molar-refractivity contribution in [2.75, 3.05) is 28.7 Å². The number of benzene rings is 1. The van der Waals surface area contributed by atoms with Crippen molar-refractivity contribution in [1.82, 2.24) is 30.0 Å². The van der Waals surface area contributed by atoms with E-state index in [0.717, 1.165) is 61.8 Å². The van der Waals surface area contributed by atoms with E-state index in [1.165, 1.54) is 0 Å². The first-order chi connectivity index (χ1) is 22.1. The molecule has 2 amide bonds. The van der Waals surface area contributed by atoms with Gasteiger partial charge in [0.25, 0.3) is 0 Å². The summed E-state index contributed by atoms with van der Waals surface area (Å²) >= 11 is 0. The summed E-state index contributed by atoms with van der Waals surface area (Å²) in [5.41, 5.74) is 3.35. The lowest BCUT2D eigenvalue weighted by Gasteiger charge is -2.36. The van der Waals surface area contributed by atoms with E-state index in [4.69, 9.17) is 9.72 Å². The number of nitrogens with zero attached hydrogens (tertiary/aromatic N) is 7. The lowest BCUT2D eigenvalue weighted by molar-refractivity contribution is 0.120. The highest BCUT2D eigenvalue weighted by molar-refractivity contribution is 5.91. The fourth-order valence-electron chi connectivity index (χ4n) is 5.93. The van der Waals surface area contributed by atoms with Crippen molar-refractivity contribution < 1.29 is 9.53 Å². The highest BCUT2D eigenvalue weighted by Crippen LogP contribution is 2.30. The average molecular weight is 607 g/mol. The molecule has 1 unspecified atom stereocenters. The normalized spacial score (nSPS) is 19.4. The second-order valence-corrected chi connectivity index (χ2v) is 11.6. The predicted molar refractivity (Wildman–Crippen MR) is 171 cm³/mol. The molecule has 1 aromatic carbocycles. The van der Waals surface area contributed by atoms with E-state index >= 15 is 0 Å². The van der Waals surface area contributed by atoms with E-state index in [1.54, 1.807) is 28.2 Å². The van der Waals surface area contributed by atoms with E-state index in [0.29, 0.717) is 36.2 Å². The van der Waals surface area contributed by atoms with E-state index in [9.17, 15) is 10.1 Å². The summed E-state index contributed by atoms with van der Waals surface area (Å²) in [6.07, 6.45) is 12.5. The summed E-state index contributed by atoms with van der Waals surface area (Å²) in [5, 5.41) is 23.6. The Kier molecular flexibility index (Phi) is 9.46. The van der Waals surface area contributed by atoms with Crippen molar-refractivity contribution in [2.24, 2.45) is 7.05 Å². The van der Waals surface area contributed by atoms with Crippen LogP contribution in [0.25, 0.3) is 11.1 Å². The number of anilines is 3. The zero-order chi connectivity index (χ0) is 31.0. The van der Waals surface area contributed by atoms with Crippen LogP contribution >= 0.6 is 0 Å². The molecule has 6 rings (SSSR count). The lowest BCUT2D eigenvalue weighted by atomic mass is 9.90. The number of hydrogen-bond donors (Lipinski definition) is 3. The predicted octanol–water partition coefficient (Wildman–Crippen LogP) is 4.87. The molecule has 4 aromatic rings. The van der Waals surface area contributed by atoms with Gasteiger partial charge in [-0.05, 0) is 56.2 Å². The molecule has 2 fully saturated rings. The molecule has 232 valence electrons. The molecule has 0 radical (unpaired) electrons. The molecule has 4 heterocycles. The van der Waals surface area contributed by atoms with Crippen LogP contribution in [0.4, 0.5) is 22.4 Å². The van der Waals surface area contributed by atoms with Crippen LogP contribution in [0.15, 0.2) is 67.3 Å². The first-order valence-electron chi connectivity index (χ1n) is 15.5. The van der Waals surface area contributed by atoms with E-state index in [1.807, 2.05) is 55.7 Å². The minimum atomic E-state index is -0.172. The quantitative estimate of drug-likeness (QED) is 0.230. The highest BCUT2D eigenvalue weighted by Gasteiger charge is 2.31. The molecule has 1 saturated heterocycles. The molecule has 1 atom stereocenters. The first-order valence-corrected chi connectivity index (χ1v) is 15.5. The Hall–Kier alpha value is -5.02. The van der Waals surface area contributed by atoms with Gasteiger partial charge in [0.1, 0.15) is 23.3 Å². The molecule has 45 heavy (non-hydrogen) atoms. The molecule has 0 spiro atoms. The Morgan fingerprint density at radius 2 is 1.89 bits per heavy atom. The van der Waals surface area contributed by atoms with E-state index in [-0.39, 0.29) is 24.2 Å². The maximum absolute atomic E-state index is 13.7. The first kappa shape index (κ1) is 30.0. The molecule has 1 aliphatic heterocycles. The number of aryl methyl sites for hydroxylation is 1. The van der Waals surface area contributed by atoms with Crippen LogP contribution < -0.4 is 20.9 Å². The van der Waals surface area contributed by atoms with Crippen molar-refractivity contribution in [3.05, 3.63) is 78.4 Å². The summed E-state index contributed by atoms with van der Waals surface area (Å²) in [6, 6.07) is 15.9. The van der Waals surface area contributed by atoms with Gasteiger partial charge in [0.15, 0.2) is 0 Å². The smallest absolute Gasteiger partial charge is 0.323 e. The van der Waals surface area contributed by atoms with Crippen molar-refractivity contribution >= 4 is 23.6 Å². The second kappa shape index (κ2) is 14.2. The number of carbonyl (C=O) groups is 1. The third-order valence-corrected chi connectivity index (χ3v) is 8.36. The number of carbonyl (C=O) groups excluding carboxylic acids is 1. The molecule has 2 aliphatic rings. The monoisotopic (exact) mass is 606 g/mol. The molecular weight excluding hydrogens is 568 g/mol. The molecule has 12 heteroatoms. The molecule has 1 saturated carbocycles. The van der Waals surface area contributed by atoms with Gasteiger partial charge in [-0.2, -0.15) is 15.3 Å². The SMILES string of the molecule is Cn1cc(-c2ccc(N(C(=O)NCc3ccccc3)C3CCC(Nc4ncc(C#N)c(NCC5CCCO5)n4)CC3)nc2)cn1. The zero-order valence-corrected chi connectivity index (χ0v) is 25.4. The number of urea groups is 1. The van der Waals surface area contributed by atoms with Gasteiger partial charge >= 0.3 is 6.03 Å². The van der Waals surface area contributed by atoms with Gasteiger partial charge < -0.3 is 20.7 Å². The molecule has 3 N–H and O–H groups in total. The third kappa shape index (κ3) is 7.56. The number of rotatable bonds is 10. The van der Waals surface area contributed by atoms with Crippen LogP contribution in [0.2, 0.25) is 0 Å². The zero-order valence-electron chi connectivity index (χ0n) is 25.4. The number of aromatic nitrogens is 5. The number of ether oxygens (including phenoxy) is 1. The van der Waals surface area contributed by atoms with Gasteiger partial charge in [0, 0.05) is 62.3 Å². The number of nitriles is 1. The number of hydrogen-bond acceptors (Lipinski definition) is 9. The standard InChI is InChI=1S/C33H38N10O2/c1-42-22-26(20-39-42)24-9-14-30(35-18-24)43(33(44)38-17-23-6-3-2-4-7-23)28-12-10-27(11-13-28)40-32-37-19-25(16-34)31(41-32)36-21-29-8-5-15-45-29/h2-4,6-7,9,14,18-20,22,27-29H,5,8,10-13,15,17,21H2,1H3,(H,38,44)(H2,36,37,40,41). The average Bonchev–Trinajstić information content (AvgIpc) is 3.77. The van der Waals surface area contributed by atoms with Gasteiger partial charge in [0.2, 0.25) is 5.95 Å². The van der Waals surface area contributed by atoms with E-state index in [2.05, 4.69) is 37.1 Å². The van der Waals surface area contributed by atoms with Gasteiger partial charge in [-0.25, -0.2) is 14.8 Å². The Bertz CT molecular complexity index is 1600. The molecular formula is C33H38N10O2. The third-order valence-electron chi connectivity index (χ3n) is 8.36. The van der Waals surface area contributed by atoms with Crippen LogP contribution in [-0.4, -0.2) is 62.1 Å². The Morgan fingerprint density at radius 3 is 2.58 bits per heavy atom. The fraction of sp³-hybridized carbons (Fsp3) is 0.394. The van der Waals surface area contributed by atoms with E-state index < -0.39 is 0 Å². The Labute approximate surface area is 262 Å².